The van der Waals surface area contributed by atoms with Crippen LogP contribution < -0.4 is 0 Å². The normalized spacial score (nSPS) is 20.8. The van der Waals surface area contributed by atoms with E-state index in [2.05, 4.69) is 22.1 Å². The molecule has 1 N–H and O–H groups in total. The van der Waals surface area contributed by atoms with Gasteiger partial charge in [-0.3, -0.25) is 0 Å². The van der Waals surface area contributed by atoms with Crippen molar-refractivity contribution in [2.75, 3.05) is 13.6 Å². The number of nitrogens with one attached hydrogen (secondary N) is 1. The van der Waals surface area contributed by atoms with Gasteiger partial charge in [0.05, 0.1) is 10.5 Å². The number of imidazole rings is 1. The van der Waals surface area contributed by atoms with Crippen LogP contribution in [0.25, 0.3) is 0 Å². The van der Waals surface area contributed by atoms with Crippen LogP contribution in [0, 0.1) is 11.8 Å². The number of nitrogens with zero attached hydrogens (tertiary/aromatic N) is 2. The van der Waals surface area contributed by atoms with Crippen molar-refractivity contribution in [2.45, 2.75) is 43.2 Å². The van der Waals surface area contributed by atoms with Crippen LogP contribution in [-0.2, 0) is 22.6 Å². The lowest BCUT2D eigenvalue weighted by atomic mass is 9.82. The summed E-state index contributed by atoms with van der Waals surface area (Å²) in [6.45, 7) is 0.367. The summed E-state index contributed by atoms with van der Waals surface area (Å²) in [6.07, 6.45) is 7.95. The molecule has 1 aromatic carbocycles. The monoisotopic (exact) mass is 441 g/mol. The maximum Gasteiger partial charge on any atom is 0.416 e. The molecule has 5 nitrogen and oxygen atoms in total. The van der Waals surface area contributed by atoms with E-state index in [4.69, 9.17) is 0 Å². The molecule has 0 aliphatic heterocycles. The maximum atomic E-state index is 12.7. The van der Waals surface area contributed by atoms with E-state index in [1.54, 1.807) is 12.4 Å². The van der Waals surface area contributed by atoms with Gasteiger partial charge in [-0.05, 0) is 61.8 Å². The van der Waals surface area contributed by atoms with E-state index in [1.807, 2.05) is 0 Å². The molecule has 0 spiro atoms. The standard InChI is InChI=1S/C21H26F3N3O2S/c1-27(30(28,29)19-11-9-18(10-12-19)21(22,23)24)15-17-7-5-16(6-8-17)3-2-4-20-25-13-14-26-20/h2-3,9-14,16-17H,4-8,15H2,1H3,(H,25,26)/b3-2+. The summed E-state index contributed by atoms with van der Waals surface area (Å²) in [5.74, 6) is 1.65. The molecule has 1 aliphatic rings. The van der Waals surface area contributed by atoms with Gasteiger partial charge in [-0.1, -0.05) is 12.2 Å². The number of alkyl halides is 3. The van der Waals surface area contributed by atoms with E-state index in [0.717, 1.165) is 62.2 Å². The summed E-state index contributed by atoms with van der Waals surface area (Å²) in [6, 6.07) is 3.66. The van der Waals surface area contributed by atoms with Crippen LogP contribution in [0.5, 0.6) is 0 Å². The van der Waals surface area contributed by atoms with Gasteiger partial charge in [0, 0.05) is 32.4 Å². The quantitative estimate of drug-likeness (QED) is 0.636. The lowest BCUT2D eigenvalue weighted by molar-refractivity contribution is -0.137. The number of hydrogen-bond acceptors (Lipinski definition) is 3. The molecule has 3 rings (SSSR count). The minimum Gasteiger partial charge on any atom is -0.348 e. The molecule has 164 valence electrons. The van der Waals surface area contributed by atoms with Crippen LogP contribution in [0.3, 0.4) is 0 Å². The first-order chi connectivity index (χ1) is 14.2. The number of aromatic amines is 1. The Kier molecular flexibility index (Phi) is 7.02. The number of allylic oxidation sites excluding steroid dienone is 2. The third-order valence-electron chi connectivity index (χ3n) is 5.57. The van der Waals surface area contributed by atoms with E-state index >= 15 is 0 Å². The van der Waals surface area contributed by atoms with E-state index in [0.29, 0.717) is 12.5 Å². The lowest BCUT2D eigenvalue weighted by Crippen LogP contribution is -2.33. The van der Waals surface area contributed by atoms with Gasteiger partial charge in [0.2, 0.25) is 10.0 Å². The number of H-pyrrole nitrogens is 1. The zero-order chi connectivity index (χ0) is 21.8. The Balaban J connectivity index is 1.51. The molecule has 2 aromatic rings. The third kappa shape index (κ3) is 5.72. The molecule has 1 heterocycles. The first-order valence-electron chi connectivity index (χ1n) is 9.95. The summed E-state index contributed by atoms with van der Waals surface area (Å²) in [5, 5.41) is 0. The summed E-state index contributed by atoms with van der Waals surface area (Å²) in [5.41, 5.74) is -0.859. The fourth-order valence-electron chi connectivity index (χ4n) is 3.80. The average Bonchev–Trinajstić information content (AvgIpc) is 3.22. The molecule has 0 atom stereocenters. The Morgan fingerprint density at radius 1 is 1.17 bits per heavy atom. The molecule has 9 heteroatoms. The molecule has 0 radical (unpaired) electrons. The molecule has 1 fully saturated rings. The van der Waals surface area contributed by atoms with Crippen molar-refractivity contribution in [3.05, 3.63) is 60.2 Å². The van der Waals surface area contributed by atoms with Gasteiger partial charge in [-0.25, -0.2) is 17.7 Å². The largest absolute Gasteiger partial charge is 0.416 e. The number of rotatable bonds is 7. The first kappa shape index (κ1) is 22.6. The molecular formula is C21H26F3N3O2S. The molecule has 1 saturated carbocycles. The second-order valence-electron chi connectivity index (χ2n) is 7.76. The average molecular weight is 442 g/mol. The van der Waals surface area contributed by atoms with Crippen LogP contribution in [0.1, 0.15) is 37.1 Å². The van der Waals surface area contributed by atoms with E-state index in [1.165, 1.54) is 11.4 Å². The van der Waals surface area contributed by atoms with Crippen LogP contribution in [-0.4, -0.2) is 36.3 Å². The molecule has 1 aromatic heterocycles. The zero-order valence-electron chi connectivity index (χ0n) is 16.8. The van der Waals surface area contributed by atoms with E-state index in [9.17, 15) is 21.6 Å². The van der Waals surface area contributed by atoms with Crippen LogP contribution in [0.15, 0.2) is 53.7 Å². The smallest absolute Gasteiger partial charge is 0.348 e. The Morgan fingerprint density at radius 3 is 2.40 bits per heavy atom. The summed E-state index contributed by atoms with van der Waals surface area (Å²) < 4.78 is 64.8. The van der Waals surface area contributed by atoms with Crippen molar-refractivity contribution in [1.29, 1.82) is 0 Å². The lowest BCUT2D eigenvalue weighted by Gasteiger charge is -2.30. The van der Waals surface area contributed by atoms with Gasteiger partial charge < -0.3 is 4.98 Å². The van der Waals surface area contributed by atoms with Crippen LogP contribution >= 0.6 is 0 Å². The van der Waals surface area contributed by atoms with Crippen molar-refractivity contribution >= 4 is 10.0 Å². The predicted molar refractivity (Wildman–Crippen MR) is 108 cm³/mol. The van der Waals surface area contributed by atoms with Gasteiger partial charge in [-0.2, -0.15) is 13.2 Å². The van der Waals surface area contributed by atoms with Crippen LogP contribution in [0.4, 0.5) is 13.2 Å². The van der Waals surface area contributed by atoms with Crippen molar-refractivity contribution < 1.29 is 21.6 Å². The molecule has 1 aliphatic carbocycles. The van der Waals surface area contributed by atoms with Gasteiger partial charge in [0.15, 0.2) is 0 Å². The summed E-state index contributed by atoms with van der Waals surface area (Å²) >= 11 is 0. The Bertz CT molecular complexity index is 931. The van der Waals surface area contributed by atoms with Crippen molar-refractivity contribution in [3.8, 4) is 0 Å². The minimum absolute atomic E-state index is 0.118. The first-order valence-corrected chi connectivity index (χ1v) is 11.4. The second kappa shape index (κ2) is 9.34. The van der Waals surface area contributed by atoms with E-state index in [-0.39, 0.29) is 10.8 Å². The molecule has 30 heavy (non-hydrogen) atoms. The highest BCUT2D eigenvalue weighted by Crippen LogP contribution is 2.32. The molecule has 0 amide bonds. The predicted octanol–water partition coefficient (Wildman–Crippen LogP) is 4.65. The Hall–Kier alpha value is -2.13. The number of halogens is 3. The highest BCUT2D eigenvalue weighted by molar-refractivity contribution is 7.89. The van der Waals surface area contributed by atoms with Gasteiger partial charge >= 0.3 is 6.18 Å². The van der Waals surface area contributed by atoms with Crippen molar-refractivity contribution in [3.63, 3.8) is 0 Å². The van der Waals surface area contributed by atoms with Gasteiger partial charge in [0.1, 0.15) is 5.82 Å². The third-order valence-corrected chi connectivity index (χ3v) is 7.41. The topological polar surface area (TPSA) is 66.1 Å². The second-order valence-corrected chi connectivity index (χ2v) is 9.80. The molecule has 0 bridgehead atoms. The molecule has 0 saturated heterocycles. The van der Waals surface area contributed by atoms with Crippen molar-refractivity contribution in [1.82, 2.24) is 14.3 Å². The fraction of sp³-hybridized carbons (Fsp3) is 0.476. The Labute approximate surface area is 175 Å². The van der Waals surface area contributed by atoms with Gasteiger partial charge in [0.25, 0.3) is 0 Å². The highest BCUT2D eigenvalue weighted by atomic mass is 32.2. The fourth-order valence-corrected chi connectivity index (χ4v) is 5.05. The summed E-state index contributed by atoms with van der Waals surface area (Å²) in [7, 11) is -2.32. The maximum absolute atomic E-state index is 12.7. The number of sulfonamides is 1. The number of hydrogen-bond donors (Lipinski definition) is 1. The summed E-state index contributed by atoms with van der Waals surface area (Å²) in [4.78, 5) is 7.13. The van der Waals surface area contributed by atoms with E-state index < -0.39 is 21.8 Å². The molecular weight excluding hydrogens is 415 g/mol. The van der Waals surface area contributed by atoms with Gasteiger partial charge in [-0.15, -0.1) is 0 Å². The van der Waals surface area contributed by atoms with Crippen molar-refractivity contribution in [2.24, 2.45) is 11.8 Å². The minimum atomic E-state index is -4.49. The SMILES string of the molecule is CN(CC1CCC(/C=C/Cc2ncc[nH]2)CC1)S(=O)(=O)c1ccc(C(F)(F)F)cc1. The van der Waals surface area contributed by atoms with Crippen LogP contribution in [0.2, 0.25) is 0 Å². The molecule has 0 unspecified atom stereocenters. The zero-order valence-corrected chi connectivity index (χ0v) is 17.6. The Morgan fingerprint density at radius 2 is 1.83 bits per heavy atom. The number of benzene rings is 1. The number of aromatic nitrogens is 2. The highest BCUT2D eigenvalue weighted by Gasteiger charge is 2.31.